The smallest absolute Gasteiger partial charge is 0.476 e. The highest BCUT2D eigenvalue weighted by Crippen LogP contribution is 2.65. The number of aryl methyl sites for hydroxylation is 2. The average molecular weight is 2180 g/mol. The Morgan fingerprint density at radius 3 is 1.24 bits per heavy atom. The first kappa shape index (κ1) is 120. The zero-order valence-electron chi connectivity index (χ0n) is 83.4. The highest BCUT2D eigenvalue weighted by Gasteiger charge is 2.73. The Morgan fingerprint density at radius 2 is 0.904 bits per heavy atom. The summed E-state index contributed by atoms with van der Waals surface area (Å²) in [5.41, 5.74) is -4.33. The summed E-state index contributed by atoms with van der Waals surface area (Å²) < 4.78 is 269. The van der Waals surface area contributed by atoms with E-state index in [0.717, 1.165) is 42.0 Å². The number of carbonyl (C=O) groups is 7. The molecule has 0 spiro atoms. The van der Waals surface area contributed by atoms with E-state index in [4.69, 9.17) is 112 Å². The summed E-state index contributed by atoms with van der Waals surface area (Å²) in [5.74, 6) is -10.1. The summed E-state index contributed by atoms with van der Waals surface area (Å²) in [6, 6.07) is -1.21. The van der Waals surface area contributed by atoms with Crippen LogP contribution in [-0.4, -0.2) is 310 Å². The molecule has 8 aliphatic rings. The van der Waals surface area contributed by atoms with E-state index in [1.807, 2.05) is 0 Å². The minimum Gasteiger partial charge on any atom is -0.476 e. The summed E-state index contributed by atoms with van der Waals surface area (Å²) in [6.07, 6.45) is -15.0. The van der Waals surface area contributed by atoms with Crippen LogP contribution in [-0.2, 0) is 149 Å². The predicted octanol–water partition coefficient (Wildman–Crippen LogP) is 9.88. The van der Waals surface area contributed by atoms with Gasteiger partial charge in [-0.2, -0.15) is 9.97 Å². The van der Waals surface area contributed by atoms with Crippen LogP contribution in [0.2, 0.25) is 0 Å². The van der Waals surface area contributed by atoms with Gasteiger partial charge in [-0.25, -0.2) is 97.4 Å². The molecule has 12 heterocycles. The molecule has 1 unspecified atom stereocenters. The Balaban J connectivity index is 0.000000220. The molecule has 8 aliphatic heterocycles. The lowest BCUT2D eigenvalue weighted by Crippen LogP contribution is -2.58. The number of halogens is 5. The second kappa shape index (κ2) is 48.2. The number of fused-ring (bicyclic) bond motifs is 4. The molecule has 0 aliphatic carbocycles. The lowest BCUT2D eigenvalue weighted by molar-refractivity contribution is -0.220. The molecule has 0 aromatic carbocycles. The number of hydrogen-bond acceptors (Lipinski definition) is 51. The number of ether oxygens (including phenoxy) is 15. The number of esters is 1. The molecule has 6 fully saturated rings. The van der Waals surface area contributed by atoms with Gasteiger partial charge in [0.2, 0.25) is 38.9 Å². The van der Waals surface area contributed by atoms with Crippen molar-refractivity contribution in [2.75, 3.05) is 73.5 Å². The van der Waals surface area contributed by atoms with Crippen molar-refractivity contribution in [2.24, 2.45) is 11.7 Å². The first-order valence-electron chi connectivity index (χ1n) is 44.8. The van der Waals surface area contributed by atoms with Gasteiger partial charge in [0.05, 0.1) is 69.1 Å². The van der Waals surface area contributed by atoms with Crippen molar-refractivity contribution >= 4 is 96.0 Å². The van der Waals surface area contributed by atoms with Gasteiger partial charge in [-0.1, -0.05) is 27.0 Å². The fraction of sp³-hybridized carbons (Fsp3) is 0.695. The van der Waals surface area contributed by atoms with E-state index >= 15 is 22.0 Å². The lowest BCUT2D eigenvalue weighted by atomic mass is 9.87. The van der Waals surface area contributed by atoms with Crippen LogP contribution in [0.4, 0.5) is 41.1 Å². The first-order valence-corrected chi connectivity index (χ1v) is 50.7. The number of nitrogens with one attached hydrogen (secondary N) is 2. The summed E-state index contributed by atoms with van der Waals surface area (Å²) in [7, 11) is -18.1. The molecule has 4 aromatic rings. The number of aliphatic hydroxyl groups is 4. The Morgan fingerprint density at radius 1 is 0.541 bits per heavy atom. The van der Waals surface area contributed by atoms with Gasteiger partial charge in [0.15, 0.2) is 82.9 Å². The number of imidazole rings is 2. The number of rotatable bonds is 38. The number of nitrogens with zero attached hydrogens (tertiary/aromatic N) is 10. The van der Waals surface area contributed by atoms with Crippen LogP contribution >= 0.6 is 31.3 Å². The molecule has 0 bridgehead atoms. The van der Waals surface area contributed by atoms with Crippen molar-refractivity contribution in [3.05, 3.63) is 73.7 Å². The van der Waals surface area contributed by atoms with E-state index in [2.05, 4.69) is 72.6 Å². The molecule has 146 heavy (non-hydrogen) atoms. The van der Waals surface area contributed by atoms with E-state index in [1.54, 1.807) is 69.2 Å². The van der Waals surface area contributed by atoms with Crippen LogP contribution in [0.25, 0.3) is 22.3 Å². The SMILES string of the molecule is C=C1NC(=O)C=CN1[C@@H]1O[C@](CF)(COP(=O)(OCOC(=O)OC(C)C)OCOC(=O)OC(C)C)[C@@H](OC(=O)C(N)C(C)C)[C@@]1(C)O.C=C1NC(=O)C=CN1[C@@H]1O[C@](F)(COP(=O)(OCOC(=O)OC(C)C)OCOC(=O)OC(C)C)[C@@H](O)[C@@]1(C)F.CCOc1nc(C)nc2c1ncn2[C@@H]1O[C@]2(F)CO[P@@](=O)(OC(C)C)O[C@H]2[C@@]1(C)O.CCOc1nc(C)nc2c1ncn2[C@@H]1O[C@]2(F)CO[P@](=O)(OC(C)C)O[C@H]2[C@@]1(C)O. The summed E-state index contributed by atoms with van der Waals surface area (Å²) in [4.78, 5) is 111. The number of carbonyl (C=O) groups excluding carboxylic acids is 7. The Bertz CT molecular complexity index is 5370. The maximum absolute atomic E-state index is 15.7. The van der Waals surface area contributed by atoms with Crippen molar-refractivity contribution in [1.82, 2.24) is 59.5 Å². The summed E-state index contributed by atoms with van der Waals surface area (Å²) in [5, 5.41) is 49.2. The largest absolute Gasteiger partial charge is 0.510 e. The van der Waals surface area contributed by atoms with Crippen molar-refractivity contribution in [2.45, 2.75) is 290 Å². The second-order valence-corrected chi connectivity index (χ2v) is 42.1. The Labute approximate surface area is 832 Å². The molecule has 822 valence electrons. The van der Waals surface area contributed by atoms with Crippen molar-refractivity contribution < 1.29 is 220 Å². The number of alkyl halides is 5. The normalized spacial score (nSPS) is 30.3. The number of aromatic nitrogens is 8. The first-order chi connectivity index (χ1) is 67.7. The van der Waals surface area contributed by atoms with Crippen LogP contribution in [0, 0.1) is 19.8 Å². The average Bonchev–Trinajstić information content (AvgIpc) is 1.56. The van der Waals surface area contributed by atoms with E-state index in [0.29, 0.717) is 35.9 Å². The molecule has 4 aromatic heterocycles. The highest BCUT2D eigenvalue weighted by molar-refractivity contribution is 7.49. The monoisotopic (exact) mass is 2180 g/mol. The standard InChI is InChI=1S/C27H43FN3O15P.C21H31F2N2O13P.2C17H24FN4O7P/c1-15(2)20(29)21(33)45-22-26(8,36)23(31-10-9-19(32)30-18(31)7)46-27(22,11-28)12-40-47(37,41-13-38-24(34)43-16(3)4)42-14-39-25(35)44-17(5)6;1-12(2)36-18(28)31-10-34-39(30,35-11-32-19(29)37-13(3)4)33-9-21(23)16(27)20(6,22)17(38-21)25-8-7-15(26)24-14(25)5;2*1-6-25-13-11-12(20-10(4)21-13)22(8-19-11)15-16(5,23)14-17(18,27-15)7-26-30(24,29-14)28-9(2)3/h9-10,15-17,20,22-23,36H,7,11-14,29H2,1-6,8H3,(H,30,32);7-8,12-13,16-17,27H,5,9-11H2,1-4,6H3,(H,24,26);2*8-9,14-15,23H,6-7H2,1-5H3/t20?,22-,23+,26+,27+;16-,17+,20+,21+;14-,15+,16+,17+,30+;14-,15+,16+,17+,30-/m0000/s1. The molecule has 64 heteroatoms. The topological polar surface area (TPSA) is 662 Å². The molecule has 19 atom stereocenters. The van der Waals surface area contributed by atoms with Gasteiger partial charge in [0.25, 0.3) is 29.4 Å². The fourth-order valence-electron chi connectivity index (χ4n) is 14.4. The molecule has 8 N–H and O–H groups in total. The minimum absolute atomic E-state index is 0.0875. The number of hydrogen-bond donors (Lipinski definition) is 7. The van der Waals surface area contributed by atoms with Gasteiger partial charge in [-0.05, 0) is 144 Å². The Kier molecular flexibility index (Phi) is 39.6. The molecule has 6 saturated heterocycles. The number of phosphoric acid groups is 4. The van der Waals surface area contributed by atoms with Crippen LogP contribution in [0.1, 0.15) is 163 Å². The molecule has 0 saturated carbocycles. The molecular weight excluding hydrogens is 2060 g/mol. The maximum Gasteiger partial charge on any atom is 0.510 e. The van der Waals surface area contributed by atoms with Gasteiger partial charge in [0, 0.05) is 24.6 Å². The molecular formula is C82H122F5N13O42P4. The van der Waals surface area contributed by atoms with Crippen molar-refractivity contribution in [3.63, 3.8) is 0 Å². The van der Waals surface area contributed by atoms with E-state index < -0.39 is 278 Å². The fourth-order valence-corrected chi connectivity index (χ4v) is 19.6. The third-order valence-electron chi connectivity index (χ3n) is 20.8. The van der Waals surface area contributed by atoms with Crippen LogP contribution in [0.5, 0.6) is 11.8 Å². The number of phosphoric ester groups is 4. The van der Waals surface area contributed by atoms with Crippen LogP contribution in [0.15, 0.2) is 62.0 Å². The second-order valence-electron chi connectivity index (χ2n) is 35.6. The summed E-state index contributed by atoms with van der Waals surface area (Å²) in [6.45, 7) is 31.5. The van der Waals surface area contributed by atoms with Gasteiger partial charge in [0.1, 0.15) is 72.6 Å². The zero-order chi connectivity index (χ0) is 109. The quantitative estimate of drug-likeness (QED) is 0.00721. The maximum atomic E-state index is 15.7. The van der Waals surface area contributed by atoms with Crippen molar-refractivity contribution in [3.8, 4) is 11.8 Å². The summed E-state index contributed by atoms with van der Waals surface area (Å²) >= 11 is 0. The van der Waals surface area contributed by atoms with Crippen LogP contribution < -0.4 is 25.8 Å². The highest BCUT2D eigenvalue weighted by atomic mass is 31.2. The minimum atomic E-state index is -4.98. The number of nitrogens with two attached hydrogens (primary N) is 1. The van der Waals surface area contributed by atoms with Crippen molar-refractivity contribution in [1.29, 1.82) is 0 Å². The van der Waals surface area contributed by atoms with Gasteiger partial charge in [-0.3, -0.25) is 59.7 Å². The molecule has 2 amide bonds. The lowest BCUT2D eigenvalue weighted by Gasteiger charge is -2.38. The van der Waals surface area contributed by atoms with Gasteiger partial charge < -0.3 is 118 Å². The van der Waals surface area contributed by atoms with E-state index in [9.17, 15) is 72.2 Å². The number of amides is 2. The Hall–Kier alpha value is -9.52. The van der Waals surface area contributed by atoms with E-state index in [-0.39, 0.29) is 34.7 Å². The third kappa shape index (κ3) is 29.0. The molecule has 55 nitrogen and oxygen atoms in total. The molecule has 12 rings (SSSR count). The van der Waals surface area contributed by atoms with Gasteiger partial charge >= 0.3 is 61.9 Å². The van der Waals surface area contributed by atoms with E-state index in [1.165, 1.54) is 97.2 Å². The van der Waals surface area contributed by atoms with Gasteiger partial charge in [-0.15, -0.1) is 0 Å². The molecule has 0 radical (unpaired) electrons. The number of aliphatic hydroxyl groups excluding tert-OH is 1. The zero-order valence-corrected chi connectivity index (χ0v) is 87.0. The van der Waals surface area contributed by atoms with Crippen LogP contribution in [0.3, 0.4) is 0 Å². The third-order valence-corrected chi connectivity index (χ3v) is 26.5. The predicted molar refractivity (Wildman–Crippen MR) is 480 cm³/mol.